The maximum absolute atomic E-state index is 14.0. The summed E-state index contributed by atoms with van der Waals surface area (Å²) in [6.45, 7) is 2.70. The summed E-state index contributed by atoms with van der Waals surface area (Å²) in [6, 6.07) is 9.56. The van der Waals surface area contributed by atoms with Crippen molar-refractivity contribution in [2.75, 3.05) is 32.2 Å². The van der Waals surface area contributed by atoms with E-state index in [0.717, 1.165) is 61.7 Å². The fourth-order valence-corrected chi connectivity index (χ4v) is 4.27. The number of ether oxygens (including phenoxy) is 2. The van der Waals surface area contributed by atoms with Crippen molar-refractivity contribution in [3.8, 4) is 11.5 Å². The van der Waals surface area contributed by atoms with Gasteiger partial charge in [-0.1, -0.05) is 6.07 Å². The molecule has 0 saturated carbocycles. The first-order valence-corrected chi connectivity index (χ1v) is 10.9. The number of nitrogens with one attached hydrogen (secondary N) is 2. The zero-order valence-corrected chi connectivity index (χ0v) is 18.2. The molecule has 172 valence electrons. The van der Waals surface area contributed by atoms with Crippen molar-refractivity contribution in [2.24, 2.45) is 0 Å². The summed E-state index contributed by atoms with van der Waals surface area (Å²) < 4.78 is 30.4. The Morgan fingerprint density at radius 3 is 2.70 bits per heavy atom. The molecular formula is C24H24FN3O5. The summed E-state index contributed by atoms with van der Waals surface area (Å²) in [6.07, 6.45) is 1.56. The highest BCUT2D eigenvalue weighted by atomic mass is 19.1. The zero-order chi connectivity index (χ0) is 22.9. The molecule has 33 heavy (non-hydrogen) atoms. The molecule has 3 aromatic rings. The van der Waals surface area contributed by atoms with Crippen molar-refractivity contribution >= 4 is 22.6 Å². The minimum absolute atomic E-state index is 0.0207. The van der Waals surface area contributed by atoms with Crippen LogP contribution >= 0.6 is 0 Å². The monoisotopic (exact) mass is 453 g/mol. The van der Waals surface area contributed by atoms with E-state index in [2.05, 4.69) is 15.5 Å². The Kier molecular flexibility index (Phi) is 5.63. The third kappa shape index (κ3) is 4.36. The van der Waals surface area contributed by atoms with E-state index in [-0.39, 0.29) is 35.3 Å². The van der Waals surface area contributed by atoms with Gasteiger partial charge in [0.1, 0.15) is 11.4 Å². The highest BCUT2D eigenvalue weighted by molar-refractivity contribution is 5.93. The average Bonchev–Trinajstić information content (AvgIpc) is 3.28. The summed E-state index contributed by atoms with van der Waals surface area (Å²) in [4.78, 5) is 27.4. The Morgan fingerprint density at radius 2 is 1.91 bits per heavy atom. The van der Waals surface area contributed by atoms with Gasteiger partial charge in [-0.3, -0.25) is 14.5 Å². The molecule has 0 bridgehead atoms. The maximum atomic E-state index is 14.0. The minimum Gasteiger partial charge on any atom is -0.454 e. The highest BCUT2D eigenvalue weighted by Crippen LogP contribution is 2.33. The molecule has 3 heterocycles. The number of carbonyl (C=O) groups excluding carboxylic acids is 1. The Morgan fingerprint density at radius 1 is 1.12 bits per heavy atom. The normalized spacial score (nSPS) is 16.2. The van der Waals surface area contributed by atoms with Gasteiger partial charge in [0.15, 0.2) is 22.7 Å². The molecule has 0 radical (unpaired) electrons. The zero-order valence-electron chi connectivity index (χ0n) is 18.2. The predicted octanol–water partition coefficient (Wildman–Crippen LogP) is 3.10. The van der Waals surface area contributed by atoms with Crippen molar-refractivity contribution < 1.29 is 23.1 Å². The molecule has 1 aromatic heterocycles. The van der Waals surface area contributed by atoms with Gasteiger partial charge in [0.05, 0.1) is 11.1 Å². The van der Waals surface area contributed by atoms with Crippen LogP contribution in [0, 0.1) is 5.82 Å². The van der Waals surface area contributed by atoms with Gasteiger partial charge in [0.2, 0.25) is 6.79 Å². The molecule has 5 rings (SSSR count). The molecule has 1 amide bonds. The number of nitrogens with zero attached hydrogens (tertiary/aromatic N) is 1. The number of piperidine rings is 1. The number of benzene rings is 2. The first-order valence-electron chi connectivity index (χ1n) is 10.9. The SMILES string of the molecule is CNc1cc2oc(C(=O)NC3CCN(Cc4ccc5c(c4)OCO5)CC3)cc(=O)c2cc1F. The van der Waals surface area contributed by atoms with Crippen LogP contribution in [0.1, 0.15) is 29.0 Å². The van der Waals surface area contributed by atoms with Crippen molar-refractivity contribution in [2.45, 2.75) is 25.4 Å². The van der Waals surface area contributed by atoms with Gasteiger partial charge in [-0.05, 0) is 36.6 Å². The molecule has 2 aromatic carbocycles. The molecule has 9 heteroatoms. The van der Waals surface area contributed by atoms with E-state index in [1.165, 1.54) is 6.07 Å². The summed E-state index contributed by atoms with van der Waals surface area (Å²) in [7, 11) is 1.57. The molecule has 0 atom stereocenters. The van der Waals surface area contributed by atoms with Gasteiger partial charge < -0.3 is 24.5 Å². The van der Waals surface area contributed by atoms with E-state index in [1.807, 2.05) is 18.2 Å². The number of amides is 1. The van der Waals surface area contributed by atoms with Gasteiger partial charge in [-0.15, -0.1) is 0 Å². The molecule has 0 unspecified atom stereocenters. The number of likely N-dealkylation sites (tertiary alicyclic amines) is 1. The van der Waals surface area contributed by atoms with Crippen LogP contribution in [-0.2, 0) is 6.54 Å². The number of hydrogen-bond acceptors (Lipinski definition) is 7. The van der Waals surface area contributed by atoms with Crippen molar-refractivity contribution in [3.63, 3.8) is 0 Å². The summed E-state index contributed by atoms with van der Waals surface area (Å²) in [5, 5.41) is 5.76. The van der Waals surface area contributed by atoms with Crippen LogP contribution < -0.4 is 25.5 Å². The van der Waals surface area contributed by atoms with Crippen molar-refractivity contribution in [1.82, 2.24) is 10.2 Å². The van der Waals surface area contributed by atoms with Crippen molar-refractivity contribution in [3.05, 3.63) is 63.8 Å². The molecule has 2 N–H and O–H groups in total. The number of hydrogen-bond donors (Lipinski definition) is 2. The number of fused-ring (bicyclic) bond motifs is 2. The van der Waals surface area contributed by atoms with E-state index in [0.29, 0.717) is 0 Å². The Balaban J connectivity index is 1.21. The smallest absolute Gasteiger partial charge is 0.287 e. The van der Waals surface area contributed by atoms with Gasteiger partial charge in [-0.25, -0.2) is 4.39 Å². The highest BCUT2D eigenvalue weighted by Gasteiger charge is 2.23. The molecule has 2 aliphatic heterocycles. The Labute approximate surface area is 189 Å². The Bertz CT molecular complexity index is 1270. The lowest BCUT2D eigenvalue weighted by Crippen LogP contribution is -2.44. The molecule has 8 nitrogen and oxygen atoms in total. The maximum Gasteiger partial charge on any atom is 0.287 e. The second-order valence-corrected chi connectivity index (χ2v) is 8.26. The van der Waals surface area contributed by atoms with E-state index in [1.54, 1.807) is 7.05 Å². The topological polar surface area (TPSA) is 93.0 Å². The third-order valence-corrected chi connectivity index (χ3v) is 6.08. The van der Waals surface area contributed by atoms with Crippen LogP contribution in [0.3, 0.4) is 0 Å². The number of halogens is 1. The van der Waals surface area contributed by atoms with Gasteiger partial charge in [0.25, 0.3) is 5.91 Å². The standard InChI is InChI=1S/C24H24FN3O5/c1-26-18-10-21-16(9-17(18)25)19(29)11-23(33-21)24(30)27-15-4-6-28(7-5-15)12-14-2-3-20-22(8-14)32-13-31-20/h2-3,8-11,15,26H,4-7,12-13H2,1H3,(H,27,30). The first-order chi connectivity index (χ1) is 16.0. The molecule has 1 fully saturated rings. The lowest BCUT2D eigenvalue weighted by molar-refractivity contribution is 0.0881. The molecule has 0 spiro atoms. The third-order valence-electron chi connectivity index (χ3n) is 6.08. The lowest BCUT2D eigenvalue weighted by atomic mass is 10.0. The minimum atomic E-state index is -0.554. The fourth-order valence-electron chi connectivity index (χ4n) is 4.27. The quantitative estimate of drug-likeness (QED) is 0.613. The van der Waals surface area contributed by atoms with Crippen LogP contribution in [0.25, 0.3) is 11.0 Å². The van der Waals surface area contributed by atoms with E-state index in [9.17, 15) is 14.0 Å². The first kappa shape index (κ1) is 21.3. The van der Waals surface area contributed by atoms with Gasteiger partial charge >= 0.3 is 0 Å². The van der Waals surface area contributed by atoms with E-state index < -0.39 is 17.2 Å². The molecule has 2 aliphatic rings. The molecule has 1 saturated heterocycles. The summed E-state index contributed by atoms with van der Waals surface area (Å²) in [5.74, 6) is 0.466. The van der Waals surface area contributed by atoms with Crippen LogP contribution in [-0.4, -0.2) is 43.8 Å². The average molecular weight is 453 g/mol. The summed E-state index contributed by atoms with van der Waals surface area (Å²) in [5.41, 5.74) is 1.05. The van der Waals surface area contributed by atoms with Crippen LogP contribution in [0.2, 0.25) is 0 Å². The van der Waals surface area contributed by atoms with Crippen LogP contribution in [0.15, 0.2) is 45.6 Å². The lowest BCUT2D eigenvalue weighted by Gasteiger charge is -2.32. The van der Waals surface area contributed by atoms with E-state index in [4.69, 9.17) is 13.9 Å². The van der Waals surface area contributed by atoms with Gasteiger partial charge in [-0.2, -0.15) is 0 Å². The summed E-state index contributed by atoms with van der Waals surface area (Å²) >= 11 is 0. The van der Waals surface area contributed by atoms with E-state index >= 15 is 0 Å². The molecule has 0 aliphatic carbocycles. The van der Waals surface area contributed by atoms with Crippen LogP contribution in [0.5, 0.6) is 11.5 Å². The number of carbonyl (C=O) groups is 1. The second kappa shape index (κ2) is 8.74. The Hall–Kier alpha value is -3.59. The fraction of sp³-hybridized carbons (Fsp3) is 0.333. The number of anilines is 1. The van der Waals surface area contributed by atoms with Crippen LogP contribution in [0.4, 0.5) is 10.1 Å². The largest absolute Gasteiger partial charge is 0.454 e. The van der Waals surface area contributed by atoms with Gasteiger partial charge in [0, 0.05) is 44.9 Å². The molecular weight excluding hydrogens is 429 g/mol. The number of rotatable bonds is 5. The predicted molar refractivity (Wildman–Crippen MR) is 120 cm³/mol. The van der Waals surface area contributed by atoms with Crippen molar-refractivity contribution in [1.29, 1.82) is 0 Å². The second-order valence-electron chi connectivity index (χ2n) is 8.26.